The van der Waals surface area contributed by atoms with Gasteiger partial charge in [0.2, 0.25) is 5.89 Å². The van der Waals surface area contributed by atoms with Gasteiger partial charge in [0.05, 0.1) is 5.97 Å². The van der Waals surface area contributed by atoms with E-state index in [1.807, 2.05) is 49.4 Å². The third kappa shape index (κ3) is 3.37. The average molecular weight is 304 g/mol. The van der Waals surface area contributed by atoms with Crippen LogP contribution in [0.1, 0.15) is 27.4 Å². The highest BCUT2D eigenvalue weighted by Crippen LogP contribution is 2.22. The zero-order chi connectivity index (χ0) is 16.2. The number of carboxylic acid groups (broad SMARTS) is 1. The van der Waals surface area contributed by atoms with Crippen molar-refractivity contribution in [2.45, 2.75) is 6.92 Å². The molecule has 114 valence electrons. The Kier molecular flexibility index (Phi) is 4.06. The number of hydrogen-bond donors (Lipinski definition) is 0. The number of nitrogens with zero attached hydrogens (tertiary/aromatic N) is 1. The monoisotopic (exact) mass is 304 g/mol. The highest BCUT2D eigenvalue weighted by molar-refractivity contribution is 5.86. The minimum absolute atomic E-state index is 0.158. The molecule has 0 atom stereocenters. The van der Waals surface area contributed by atoms with Crippen LogP contribution in [-0.4, -0.2) is 11.0 Å². The minimum atomic E-state index is -1.18. The quantitative estimate of drug-likeness (QED) is 0.742. The summed E-state index contributed by atoms with van der Waals surface area (Å²) in [6.07, 6.45) is 3.71. The largest absolute Gasteiger partial charge is 0.545 e. The number of carbonyl (C=O) groups is 1. The Morgan fingerprint density at radius 3 is 2.39 bits per heavy atom. The van der Waals surface area contributed by atoms with E-state index in [2.05, 4.69) is 4.98 Å². The first-order chi connectivity index (χ1) is 11.1. The van der Waals surface area contributed by atoms with Crippen LogP contribution in [0, 0.1) is 6.92 Å². The molecule has 1 aromatic heterocycles. The van der Waals surface area contributed by atoms with Gasteiger partial charge < -0.3 is 14.3 Å². The lowest BCUT2D eigenvalue weighted by atomic mass is 10.1. The molecule has 4 heteroatoms. The van der Waals surface area contributed by atoms with Crippen LogP contribution in [0.15, 0.2) is 59.0 Å². The lowest BCUT2D eigenvalue weighted by Crippen LogP contribution is -2.21. The van der Waals surface area contributed by atoms with Crippen molar-refractivity contribution in [3.63, 3.8) is 0 Å². The van der Waals surface area contributed by atoms with Crippen LogP contribution in [0.4, 0.5) is 0 Å². The zero-order valence-electron chi connectivity index (χ0n) is 12.5. The fraction of sp³-hybridized carbons (Fsp3) is 0.0526. The van der Waals surface area contributed by atoms with E-state index in [1.54, 1.807) is 12.1 Å². The highest BCUT2D eigenvalue weighted by Gasteiger charge is 2.08. The van der Waals surface area contributed by atoms with Crippen LogP contribution >= 0.6 is 0 Å². The Labute approximate surface area is 133 Å². The highest BCUT2D eigenvalue weighted by atomic mass is 16.4. The lowest BCUT2D eigenvalue weighted by molar-refractivity contribution is -0.255. The van der Waals surface area contributed by atoms with Crippen LogP contribution in [0.5, 0.6) is 0 Å². The van der Waals surface area contributed by atoms with Crippen molar-refractivity contribution in [1.29, 1.82) is 0 Å². The maximum atomic E-state index is 10.7. The summed E-state index contributed by atoms with van der Waals surface area (Å²) in [5.74, 6) is 0.127. The SMILES string of the molecule is Cc1oc(-c2ccccc2)nc1/C=C/c1ccc(C(=O)[O-])cc1. The third-order valence-corrected chi connectivity index (χ3v) is 3.43. The van der Waals surface area contributed by atoms with Crippen LogP contribution in [0.3, 0.4) is 0 Å². The molecule has 3 rings (SSSR count). The van der Waals surface area contributed by atoms with Gasteiger partial charge in [-0.15, -0.1) is 0 Å². The van der Waals surface area contributed by atoms with Gasteiger partial charge in [0.25, 0.3) is 0 Å². The number of aryl methyl sites for hydroxylation is 1. The summed E-state index contributed by atoms with van der Waals surface area (Å²) in [6.45, 7) is 1.86. The van der Waals surface area contributed by atoms with E-state index in [4.69, 9.17) is 4.42 Å². The number of benzene rings is 2. The Balaban J connectivity index is 1.82. The number of aromatic nitrogens is 1. The number of carbonyl (C=O) groups excluding carboxylic acids is 1. The first kappa shape index (κ1) is 14.8. The van der Waals surface area contributed by atoms with Gasteiger partial charge in [0, 0.05) is 5.56 Å². The van der Waals surface area contributed by atoms with Crippen molar-refractivity contribution < 1.29 is 14.3 Å². The second-order valence-corrected chi connectivity index (χ2v) is 5.07. The van der Waals surface area contributed by atoms with E-state index < -0.39 is 5.97 Å². The van der Waals surface area contributed by atoms with Crippen LogP contribution in [-0.2, 0) is 0 Å². The van der Waals surface area contributed by atoms with Crippen molar-refractivity contribution in [1.82, 2.24) is 4.98 Å². The molecule has 4 nitrogen and oxygen atoms in total. The molecule has 0 amide bonds. The molecular formula is C19H14NO3-. The van der Waals surface area contributed by atoms with E-state index >= 15 is 0 Å². The fourth-order valence-electron chi connectivity index (χ4n) is 2.17. The molecule has 3 aromatic rings. The predicted molar refractivity (Wildman–Crippen MR) is 86.4 cm³/mol. The number of carboxylic acids is 1. The van der Waals surface area contributed by atoms with Crippen molar-refractivity contribution in [3.8, 4) is 11.5 Å². The van der Waals surface area contributed by atoms with Gasteiger partial charge in [-0.25, -0.2) is 4.98 Å². The van der Waals surface area contributed by atoms with Crippen LogP contribution in [0.25, 0.3) is 23.6 Å². The molecule has 0 N–H and O–H groups in total. The zero-order valence-corrected chi connectivity index (χ0v) is 12.5. The van der Waals surface area contributed by atoms with Gasteiger partial charge in [-0.2, -0.15) is 0 Å². The molecule has 0 fully saturated rings. The molecule has 0 aliphatic rings. The van der Waals surface area contributed by atoms with Crippen LogP contribution < -0.4 is 5.11 Å². The van der Waals surface area contributed by atoms with Gasteiger partial charge in [-0.3, -0.25) is 0 Å². The normalized spacial score (nSPS) is 11.0. The summed E-state index contributed by atoms with van der Waals surface area (Å²) in [5.41, 5.74) is 2.70. The first-order valence-electron chi connectivity index (χ1n) is 7.16. The second kappa shape index (κ2) is 6.32. The molecule has 0 saturated carbocycles. The molecule has 2 aromatic carbocycles. The Bertz CT molecular complexity index is 846. The van der Waals surface area contributed by atoms with Crippen molar-refractivity contribution >= 4 is 18.1 Å². The van der Waals surface area contributed by atoms with Gasteiger partial charge >= 0.3 is 0 Å². The Morgan fingerprint density at radius 1 is 1.04 bits per heavy atom. The molecule has 1 heterocycles. The van der Waals surface area contributed by atoms with Gasteiger partial charge in [-0.05, 0) is 36.3 Å². The molecule has 0 aliphatic carbocycles. The van der Waals surface area contributed by atoms with Gasteiger partial charge in [0.15, 0.2) is 0 Å². The smallest absolute Gasteiger partial charge is 0.226 e. The molecule has 0 saturated heterocycles. The van der Waals surface area contributed by atoms with E-state index in [9.17, 15) is 9.90 Å². The first-order valence-corrected chi connectivity index (χ1v) is 7.16. The lowest BCUT2D eigenvalue weighted by Gasteiger charge is -2.01. The number of oxazole rings is 1. The summed E-state index contributed by atoms with van der Waals surface area (Å²) in [6, 6.07) is 16.2. The minimum Gasteiger partial charge on any atom is -0.545 e. The van der Waals surface area contributed by atoms with E-state index in [0.717, 1.165) is 22.6 Å². The summed E-state index contributed by atoms with van der Waals surface area (Å²) in [5, 5.41) is 10.7. The summed E-state index contributed by atoms with van der Waals surface area (Å²) in [7, 11) is 0. The molecule has 0 unspecified atom stereocenters. The number of aromatic carboxylic acids is 1. The molecule has 23 heavy (non-hydrogen) atoms. The molecule has 0 aliphatic heterocycles. The number of rotatable bonds is 4. The summed E-state index contributed by atoms with van der Waals surface area (Å²) in [4.78, 5) is 15.2. The average Bonchev–Trinajstić information content (AvgIpc) is 2.95. The second-order valence-electron chi connectivity index (χ2n) is 5.07. The topological polar surface area (TPSA) is 66.2 Å². The summed E-state index contributed by atoms with van der Waals surface area (Å²) >= 11 is 0. The molecule has 0 bridgehead atoms. The van der Waals surface area contributed by atoms with E-state index in [-0.39, 0.29) is 5.56 Å². The summed E-state index contributed by atoms with van der Waals surface area (Å²) < 4.78 is 5.69. The van der Waals surface area contributed by atoms with E-state index in [0.29, 0.717) is 5.89 Å². The maximum Gasteiger partial charge on any atom is 0.226 e. The van der Waals surface area contributed by atoms with Gasteiger partial charge in [0.1, 0.15) is 11.5 Å². The van der Waals surface area contributed by atoms with Crippen molar-refractivity contribution in [2.75, 3.05) is 0 Å². The number of hydrogen-bond acceptors (Lipinski definition) is 4. The Hall–Kier alpha value is -3.14. The predicted octanol–water partition coefficient (Wildman–Crippen LogP) is 3.18. The van der Waals surface area contributed by atoms with Gasteiger partial charge in [-0.1, -0.05) is 48.5 Å². The molecule has 0 spiro atoms. The van der Waals surface area contributed by atoms with Crippen molar-refractivity contribution in [2.24, 2.45) is 0 Å². The third-order valence-electron chi connectivity index (χ3n) is 3.43. The molecular weight excluding hydrogens is 290 g/mol. The fourth-order valence-corrected chi connectivity index (χ4v) is 2.17. The van der Waals surface area contributed by atoms with Crippen LogP contribution in [0.2, 0.25) is 0 Å². The standard InChI is InChI=1S/C19H15NO3/c1-13-17(20-18(23-13)15-5-3-2-4-6-15)12-9-14-7-10-16(11-8-14)19(21)22/h2-12H,1H3,(H,21,22)/p-1/b12-9+. The Morgan fingerprint density at radius 2 is 1.74 bits per heavy atom. The molecule has 0 radical (unpaired) electrons. The van der Waals surface area contributed by atoms with E-state index in [1.165, 1.54) is 12.1 Å². The van der Waals surface area contributed by atoms with Crippen molar-refractivity contribution in [3.05, 3.63) is 77.2 Å². The maximum absolute atomic E-state index is 10.7.